The van der Waals surface area contributed by atoms with Crippen LogP contribution in [0.15, 0.2) is 17.5 Å². The van der Waals surface area contributed by atoms with Crippen molar-refractivity contribution < 1.29 is 9.53 Å². The van der Waals surface area contributed by atoms with E-state index in [2.05, 4.69) is 15.5 Å². The van der Waals surface area contributed by atoms with Gasteiger partial charge in [-0.2, -0.15) is 0 Å². The third-order valence-corrected chi connectivity index (χ3v) is 3.97. The van der Waals surface area contributed by atoms with Crippen molar-refractivity contribution in [2.24, 2.45) is 0 Å². The summed E-state index contributed by atoms with van der Waals surface area (Å²) in [5.74, 6) is 0. The largest absolute Gasteiger partial charge is 0.449 e. The second kappa shape index (κ2) is 6.46. The van der Waals surface area contributed by atoms with E-state index in [1.165, 1.54) is 11.3 Å². The number of aromatic nitrogens is 2. The normalized spacial score (nSPS) is 10.3. The number of ether oxygens (including phenoxy) is 1. The minimum absolute atomic E-state index is 0.429. The highest BCUT2D eigenvalue weighted by Gasteiger charge is 2.10. The second-order valence-corrected chi connectivity index (χ2v) is 5.43. The first kappa shape index (κ1) is 13.0. The Labute approximate surface area is 113 Å². The van der Waals surface area contributed by atoms with Crippen LogP contribution in [-0.4, -0.2) is 22.9 Å². The molecule has 0 aromatic carbocycles. The number of hydrogen-bond donors (Lipinski definition) is 1. The molecule has 0 aliphatic heterocycles. The fourth-order valence-corrected chi connectivity index (χ4v) is 2.73. The number of anilines is 1. The topological polar surface area (TPSA) is 64.1 Å². The van der Waals surface area contributed by atoms with E-state index in [4.69, 9.17) is 4.74 Å². The van der Waals surface area contributed by atoms with Gasteiger partial charge in [0.2, 0.25) is 5.13 Å². The van der Waals surface area contributed by atoms with Gasteiger partial charge >= 0.3 is 6.09 Å². The zero-order chi connectivity index (χ0) is 12.8. The number of amides is 1. The molecule has 1 amide bonds. The molecule has 2 aromatic heterocycles. The van der Waals surface area contributed by atoms with Crippen LogP contribution >= 0.6 is 22.7 Å². The number of nitrogens with zero attached hydrogens (tertiary/aromatic N) is 2. The van der Waals surface area contributed by atoms with Crippen molar-refractivity contribution in [3.8, 4) is 9.88 Å². The minimum atomic E-state index is -0.475. The monoisotopic (exact) mass is 283 g/mol. The molecule has 0 bridgehead atoms. The second-order valence-electron chi connectivity index (χ2n) is 3.50. The van der Waals surface area contributed by atoms with E-state index in [1.54, 1.807) is 11.3 Å². The summed E-state index contributed by atoms with van der Waals surface area (Å²) in [6.45, 7) is 2.47. The van der Waals surface area contributed by atoms with Crippen molar-refractivity contribution in [2.75, 3.05) is 11.9 Å². The molecule has 0 saturated carbocycles. The summed E-state index contributed by atoms with van der Waals surface area (Å²) in [6.07, 6.45) is 1.39. The van der Waals surface area contributed by atoms with Crippen molar-refractivity contribution in [3.63, 3.8) is 0 Å². The number of nitrogens with one attached hydrogen (secondary N) is 1. The average Bonchev–Trinajstić information content (AvgIpc) is 2.98. The van der Waals surface area contributed by atoms with Crippen molar-refractivity contribution in [1.82, 2.24) is 10.2 Å². The van der Waals surface area contributed by atoms with Crippen LogP contribution in [0.5, 0.6) is 0 Å². The predicted molar refractivity (Wildman–Crippen MR) is 73.1 cm³/mol. The Morgan fingerprint density at radius 3 is 3.11 bits per heavy atom. The summed E-state index contributed by atoms with van der Waals surface area (Å²) in [5.41, 5.74) is 0. The molecular weight excluding hydrogens is 270 g/mol. The van der Waals surface area contributed by atoms with Crippen LogP contribution in [0.4, 0.5) is 9.93 Å². The van der Waals surface area contributed by atoms with E-state index < -0.39 is 6.09 Å². The summed E-state index contributed by atoms with van der Waals surface area (Å²) in [5, 5.41) is 13.7. The maximum atomic E-state index is 11.4. The fraction of sp³-hybridized carbons (Fsp3) is 0.364. The van der Waals surface area contributed by atoms with E-state index in [9.17, 15) is 4.79 Å². The molecule has 0 spiro atoms. The number of thiophene rings is 1. The summed E-state index contributed by atoms with van der Waals surface area (Å²) < 4.78 is 4.98. The van der Waals surface area contributed by atoms with Gasteiger partial charge in [-0.3, -0.25) is 5.32 Å². The van der Waals surface area contributed by atoms with Gasteiger partial charge in [-0.05, 0) is 17.9 Å². The van der Waals surface area contributed by atoms with E-state index in [1.807, 2.05) is 24.4 Å². The molecule has 0 aliphatic carbocycles. The van der Waals surface area contributed by atoms with Gasteiger partial charge in [-0.25, -0.2) is 4.79 Å². The van der Waals surface area contributed by atoms with Gasteiger partial charge in [0, 0.05) is 0 Å². The first-order chi connectivity index (χ1) is 8.79. The lowest BCUT2D eigenvalue weighted by Gasteiger charge is -2.02. The van der Waals surface area contributed by atoms with Crippen LogP contribution in [0.1, 0.15) is 19.8 Å². The van der Waals surface area contributed by atoms with Gasteiger partial charge in [0.15, 0.2) is 5.01 Å². The first-order valence-electron chi connectivity index (χ1n) is 5.60. The lowest BCUT2D eigenvalue weighted by molar-refractivity contribution is 0.160. The molecule has 0 aliphatic rings. The Hall–Kier alpha value is -1.47. The van der Waals surface area contributed by atoms with Crippen molar-refractivity contribution in [1.29, 1.82) is 0 Å². The van der Waals surface area contributed by atoms with Crippen LogP contribution in [0.2, 0.25) is 0 Å². The molecule has 1 N–H and O–H groups in total. The van der Waals surface area contributed by atoms with Gasteiger partial charge < -0.3 is 4.74 Å². The van der Waals surface area contributed by atoms with Crippen LogP contribution in [-0.2, 0) is 4.74 Å². The molecule has 2 rings (SSSR count). The quantitative estimate of drug-likeness (QED) is 0.851. The van der Waals surface area contributed by atoms with Gasteiger partial charge in [-0.1, -0.05) is 30.7 Å². The lowest BCUT2D eigenvalue weighted by atomic mass is 10.4. The Morgan fingerprint density at radius 2 is 2.39 bits per heavy atom. The number of carbonyl (C=O) groups excluding carboxylic acids is 1. The van der Waals surface area contributed by atoms with Crippen molar-refractivity contribution in [2.45, 2.75) is 19.8 Å². The molecule has 96 valence electrons. The molecule has 7 heteroatoms. The smallest absolute Gasteiger partial charge is 0.413 e. The third kappa shape index (κ3) is 3.51. The van der Waals surface area contributed by atoms with E-state index in [0.29, 0.717) is 11.7 Å². The zero-order valence-electron chi connectivity index (χ0n) is 9.88. The Kier molecular flexibility index (Phi) is 4.66. The molecule has 0 radical (unpaired) electrons. The average molecular weight is 283 g/mol. The van der Waals surface area contributed by atoms with Gasteiger partial charge in [-0.15, -0.1) is 21.5 Å². The van der Waals surface area contributed by atoms with Gasteiger partial charge in [0.25, 0.3) is 0 Å². The summed E-state index contributed by atoms with van der Waals surface area (Å²) in [7, 11) is 0. The number of unbranched alkanes of at least 4 members (excludes halogenated alkanes) is 1. The maximum Gasteiger partial charge on any atom is 0.413 e. The zero-order valence-corrected chi connectivity index (χ0v) is 11.5. The predicted octanol–water partition coefficient (Wildman–Crippen LogP) is 3.62. The lowest BCUT2D eigenvalue weighted by Crippen LogP contribution is -2.14. The van der Waals surface area contributed by atoms with E-state index in [0.717, 1.165) is 22.7 Å². The molecular formula is C11H13N3O2S2. The summed E-state index contributed by atoms with van der Waals surface area (Å²) >= 11 is 2.92. The number of hydrogen-bond acceptors (Lipinski definition) is 6. The van der Waals surface area contributed by atoms with Gasteiger partial charge in [0.1, 0.15) is 0 Å². The Bertz CT molecular complexity index is 496. The highest BCUT2D eigenvalue weighted by molar-refractivity contribution is 7.23. The highest BCUT2D eigenvalue weighted by Crippen LogP contribution is 2.29. The molecule has 5 nitrogen and oxygen atoms in total. The molecule has 2 heterocycles. The van der Waals surface area contributed by atoms with E-state index >= 15 is 0 Å². The SMILES string of the molecule is CCCCOC(=O)Nc1nnc(-c2cccs2)s1. The number of carbonyl (C=O) groups is 1. The molecule has 0 unspecified atom stereocenters. The van der Waals surface area contributed by atoms with Crippen molar-refractivity contribution in [3.05, 3.63) is 17.5 Å². The number of rotatable bonds is 5. The Balaban J connectivity index is 1.89. The van der Waals surface area contributed by atoms with Crippen molar-refractivity contribution >= 4 is 33.9 Å². The third-order valence-electron chi connectivity index (χ3n) is 2.10. The van der Waals surface area contributed by atoms with Crippen LogP contribution in [0, 0.1) is 0 Å². The summed E-state index contributed by atoms with van der Waals surface area (Å²) in [6, 6.07) is 3.92. The highest BCUT2D eigenvalue weighted by atomic mass is 32.1. The van der Waals surface area contributed by atoms with Crippen LogP contribution < -0.4 is 5.32 Å². The van der Waals surface area contributed by atoms with Crippen LogP contribution in [0.25, 0.3) is 9.88 Å². The first-order valence-corrected chi connectivity index (χ1v) is 7.30. The van der Waals surface area contributed by atoms with Gasteiger partial charge in [0.05, 0.1) is 11.5 Å². The fourth-order valence-electron chi connectivity index (χ4n) is 1.21. The molecule has 18 heavy (non-hydrogen) atoms. The molecule has 0 fully saturated rings. The Morgan fingerprint density at radius 1 is 1.50 bits per heavy atom. The standard InChI is InChI=1S/C11H13N3O2S2/c1-2-3-6-16-11(15)12-10-14-13-9(18-10)8-5-4-7-17-8/h4-5,7H,2-3,6H2,1H3,(H,12,14,15). The summed E-state index contributed by atoms with van der Waals surface area (Å²) in [4.78, 5) is 12.4. The molecule has 2 aromatic rings. The molecule has 0 atom stereocenters. The maximum absolute atomic E-state index is 11.4. The van der Waals surface area contributed by atoms with E-state index in [-0.39, 0.29) is 0 Å². The van der Waals surface area contributed by atoms with Crippen LogP contribution in [0.3, 0.4) is 0 Å². The molecule has 0 saturated heterocycles. The minimum Gasteiger partial charge on any atom is -0.449 e.